The third kappa shape index (κ3) is 3.60. The fourth-order valence-electron chi connectivity index (χ4n) is 1.85. The maximum absolute atomic E-state index is 12.6. The van der Waals surface area contributed by atoms with Crippen molar-refractivity contribution in [3.63, 3.8) is 0 Å². The summed E-state index contributed by atoms with van der Waals surface area (Å²) in [5, 5.41) is 0.0979. The summed E-state index contributed by atoms with van der Waals surface area (Å²) in [4.78, 5) is 21.1. The summed E-state index contributed by atoms with van der Waals surface area (Å²) >= 11 is 2.32. The van der Waals surface area contributed by atoms with Crippen molar-refractivity contribution in [2.24, 2.45) is 5.73 Å². The second-order valence-corrected chi connectivity index (χ2v) is 6.80. The van der Waals surface area contributed by atoms with E-state index in [1.807, 2.05) is 0 Å². The Labute approximate surface area is 142 Å². The number of alkyl halides is 3. The number of thiophene rings is 1. The lowest BCUT2D eigenvalue weighted by molar-refractivity contribution is -0.137. The zero-order valence-corrected chi connectivity index (χ0v) is 13.6. The first-order chi connectivity index (χ1) is 11.4. The highest BCUT2D eigenvalue weighted by Crippen LogP contribution is 2.32. The van der Waals surface area contributed by atoms with E-state index in [4.69, 9.17) is 10.2 Å². The molecule has 0 bridgehead atoms. The van der Waals surface area contributed by atoms with E-state index < -0.39 is 11.7 Å². The number of oxazole rings is 1. The van der Waals surface area contributed by atoms with Crippen molar-refractivity contribution in [2.75, 3.05) is 5.75 Å². The van der Waals surface area contributed by atoms with Crippen LogP contribution in [-0.2, 0) is 12.7 Å². The molecule has 0 unspecified atom stereocenters. The van der Waals surface area contributed by atoms with Crippen molar-refractivity contribution in [1.29, 1.82) is 0 Å². The van der Waals surface area contributed by atoms with Crippen LogP contribution in [0.1, 0.15) is 20.1 Å². The average Bonchev–Trinajstić information content (AvgIpc) is 3.17. The molecule has 0 aliphatic rings. The van der Waals surface area contributed by atoms with Gasteiger partial charge in [0.2, 0.25) is 0 Å². The van der Waals surface area contributed by atoms with Gasteiger partial charge in [-0.1, -0.05) is 11.8 Å². The maximum Gasteiger partial charge on any atom is 0.418 e. The van der Waals surface area contributed by atoms with E-state index >= 15 is 0 Å². The van der Waals surface area contributed by atoms with Crippen molar-refractivity contribution < 1.29 is 22.4 Å². The van der Waals surface area contributed by atoms with Gasteiger partial charge in [0, 0.05) is 17.6 Å². The number of halogens is 3. The van der Waals surface area contributed by atoms with E-state index in [2.05, 4.69) is 9.97 Å². The number of ketones is 1. The Balaban J connectivity index is 1.72. The molecule has 3 heterocycles. The molecule has 0 saturated heterocycles. The van der Waals surface area contributed by atoms with Gasteiger partial charge in [0.1, 0.15) is 0 Å². The number of fused-ring (bicyclic) bond motifs is 1. The molecule has 0 aliphatic heterocycles. The molecule has 0 aliphatic carbocycles. The second-order valence-electron chi connectivity index (χ2n) is 4.71. The number of hydrogen-bond donors (Lipinski definition) is 1. The van der Waals surface area contributed by atoms with E-state index in [1.54, 1.807) is 12.1 Å². The Morgan fingerprint density at radius 1 is 1.38 bits per heavy atom. The van der Waals surface area contributed by atoms with Gasteiger partial charge in [0.15, 0.2) is 17.0 Å². The van der Waals surface area contributed by atoms with E-state index in [0.717, 1.165) is 22.7 Å². The van der Waals surface area contributed by atoms with Gasteiger partial charge in [0.05, 0.1) is 16.2 Å². The molecule has 0 aromatic carbocycles. The van der Waals surface area contributed by atoms with Crippen LogP contribution in [0, 0.1) is 0 Å². The number of carbonyl (C=O) groups excluding carboxylic acids is 1. The summed E-state index contributed by atoms with van der Waals surface area (Å²) in [6.07, 6.45) is -3.80. The minimum absolute atomic E-state index is 0.0590. The lowest BCUT2D eigenvalue weighted by Crippen LogP contribution is -2.04. The Morgan fingerprint density at radius 3 is 2.83 bits per heavy atom. The topological polar surface area (TPSA) is 82.0 Å². The molecule has 5 nitrogen and oxygen atoms in total. The summed E-state index contributed by atoms with van der Waals surface area (Å²) in [5.74, 6) is -0.0698. The van der Waals surface area contributed by atoms with E-state index in [1.165, 1.54) is 11.3 Å². The summed E-state index contributed by atoms with van der Waals surface area (Å²) in [5.41, 5.74) is 4.59. The summed E-state index contributed by atoms with van der Waals surface area (Å²) in [7, 11) is 0. The third-order valence-electron chi connectivity index (χ3n) is 3.02. The molecule has 24 heavy (non-hydrogen) atoms. The van der Waals surface area contributed by atoms with Crippen molar-refractivity contribution in [2.45, 2.75) is 17.9 Å². The Hall–Kier alpha value is -1.91. The molecule has 0 saturated carbocycles. The minimum Gasteiger partial charge on any atom is -0.430 e. The highest BCUT2D eigenvalue weighted by molar-refractivity contribution is 7.99. The van der Waals surface area contributed by atoms with Crippen molar-refractivity contribution in [1.82, 2.24) is 9.97 Å². The average molecular weight is 373 g/mol. The predicted molar refractivity (Wildman–Crippen MR) is 84.1 cm³/mol. The van der Waals surface area contributed by atoms with Crippen molar-refractivity contribution in [3.8, 4) is 0 Å². The minimum atomic E-state index is -4.50. The standard InChI is InChI=1S/C14H10F3N3O2S2/c15-14(16,17)7-3-10-12(19-5-7)20-13(22-10)23-6-9(21)11-2-1-8(4-18)24-11/h1-3,5H,4,6,18H2. The van der Waals surface area contributed by atoms with E-state index in [9.17, 15) is 18.0 Å². The quantitative estimate of drug-likeness (QED) is 0.542. The summed E-state index contributed by atoms with van der Waals surface area (Å²) in [6, 6.07) is 4.32. The van der Waals surface area contributed by atoms with Crippen LogP contribution in [0.4, 0.5) is 13.2 Å². The zero-order valence-electron chi connectivity index (χ0n) is 12.0. The van der Waals surface area contributed by atoms with Gasteiger partial charge in [-0.05, 0) is 18.2 Å². The van der Waals surface area contributed by atoms with Crippen LogP contribution in [0.2, 0.25) is 0 Å². The third-order valence-corrected chi connectivity index (χ3v) is 5.00. The normalized spacial score (nSPS) is 12.0. The van der Waals surface area contributed by atoms with Crippen LogP contribution in [0.15, 0.2) is 34.0 Å². The number of nitrogens with two attached hydrogens (primary N) is 1. The molecular weight excluding hydrogens is 363 g/mol. The fraction of sp³-hybridized carbons (Fsp3) is 0.214. The SMILES string of the molecule is NCc1ccc(C(=O)CSc2nc3ncc(C(F)(F)F)cc3o2)s1. The molecule has 3 rings (SSSR count). The van der Waals surface area contributed by atoms with Crippen LogP contribution < -0.4 is 5.73 Å². The monoisotopic (exact) mass is 373 g/mol. The van der Waals surface area contributed by atoms with Crippen LogP contribution in [0.3, 0.4) is 0 Å². The number of rotatable bonds is 5. The largest absolute Gasteiger partial charge is 0.430 e. The second kappa shape index (κ2) is 6.54. The van der Waals surface area contributed by atoms with Gasteiger partial charge in [-0.25, -0.2) is 4.98 Å². The van der Waals surface area contributed by atoms with Crippen molar-refractivity contribution in [3.05, 3.63) is 39.7 Å². The molecule has 0 radical (unpaired) electrons. The maximum atomic E-state index is 12.6. The number of Topliss-reactive ketones (excluding diaryl/α,β-unsaturated/α-hetero) is 1. The highest BCUT2D eigenvalue weighted by Gasteiger charge is 2.31. The number of thioether (sulfide) groups is 1. The first-order valence-corrected chi connectivity index (χ1v) is 8.45. The van der Waals surface area contributed by atoms with Gasteiger partial charge in [-0.15, -0.1) is 11.3 Å². The van der Waals surface area contributed by atoms with Crippen LogP contribution in [0.25, 0.3) is 11.2 Å². The van der Waals surface area contributed by atoms with Gasteiger partial charge in [-0.3, -0.25) is 4.79 Å². The molecule has 0 fully saturated rings. The number of nitrogens with zero attached hydrogens (tertiary/aromatic N) is 2. The zero-order chi connectivity index (χ0) is 17.3. The van der Waals surface area contributed by atoms with Gasteiger partial charge in [0.25, 0.3) is 5.22 Å². The molecule has 126 valence electrons. The van der Waals surface area contributed by atoms with Crippen LogP contribution in [-0.4, -0.2) is 21.5 Å². The van der Waals surface area contributed by atoms with E-state index in [0.29, 0.717) is 17.6 Å². The van der Waals surface area contributed by atoms with Crippen LogP contribution in [0.5, 0.6) is 0 Å². The Bertz CT molecular complexity index is 889. The smallest absolute Gasteiger partial charge is 0.418 e. The lowest BCUT2D eigenvalue weighted by atomic mass is 10.3. The molecule has 0 spiro atoms. The van der Waals surface area contributed by atoms with Gasteiger partial charge in [-0.2, -0.15) is 18.2 Å². The molecule has 0 atom stereocenters. The molecular formula is C14H10F3N3O2S2. The number of pyridine rings is 1. The van der Waals surface area contributed by atoms with E-state index in [-0.39, 0.29) is 28.0 Å². The number of hydrogen-bond acceptors (Lipinski definition) is 7. The highest BCUT2D eigenvalue weighted by atomic mass is 32.2. The summed E-state index contributed by atoms with van der Waals surface area (Å²) < 4.78 is 43.1. The molecule has 3 aromatic heterocycles. The van der Waals surface area contributed by atoms with Crippen LogP contribution >= 0.6 is 23.1 Å². The Kier molecular flexibility index (Phi) is 4.61. The van der Waals surface area contributed by atoms with Gasteiger partial charge < -0.3 is 10.2 Å². The fourth-order valence-corrected chi connectivity index (χ4v) is 3.48. The van der Waals surface area contributed by atoms with Gasteiger partial charge >= 0.3 is 6.18 Å². The summed E-state index contributed by atoms with van der Waals surface area (Å²) in [6.45, 7) is 0.365. The predicted octanol–water partition coefficient (Wildman–Crippen LogP) is 3.74. The molecule has 10 heteroatoms. The number of aromatic nitrogens is 2. The first-order valence-electron chi connectivity index (χ1n) is 6.65. The molecule has 2 N–H and O–H groups in total. The first kappa shape index (κ1) is 16.9. The van der Waals surface area contributed by atoms with Crippen molar-refractivity contribution >= 4 is 40.1 Å². The lowest BCUT2D eigenvalue weighted by Gasteiger charge is -2.03. The number of carbonyl (C=O) groups is 1. The Morgan fingerprint density at radius 2 is 2.17 bits per heavy atom. The molecule has 3 aromatic rings. The molecule has 0 amide bonds.